The number of rotatable bonds is 19. The monoisotopic (exact) mass is 853 g/mol. The molecule has 2 spiro atoms. The number of hydrogen-bond donors (Lipinski definition) is 8. The van der Waals surface area contributed by atoms with Gasteiger partial charge in [-0.05, 0) is 118 Å². The number of ether oxygens (including phenoxy) is 1. The fraction of sp³-hybridized carbons (Fsp3) is 0.682. The molecule has 0 bridgehead atoms. The molecule has 6 rings (SSSR count). The van der Waals surface area contributed by atoms with Gasteiger partial charge >= 0.3 is 17.9 Å². The Kier molecular flexibility index (Phi) is 15.9. The van der Waals surface area contributed by atoms with Gasteiger partial charge in [0.05, 0.1) is 5.25 Å². The zero-order chi connectivity index (χ0) is 42.9. The number of amides is 2. The maximum atomic E-state index is 14.7. The maximum absolute atomic E-state index is 14.7. The summed E-state index contributed by atoms with van der Waals surface area (Å²) in [5.41, 5.74) is 4.16. The number of nitrogens with zero attached hydrogens (tertiary/aromatic N) is 1. The molecule has 1 aliphatic heterocycles. The van der Waals surface area contributed by atoms with E-state index in [-0.39, 0.29) is 59.8 Å². The van der Waals surface area contributed by atoms with Crippen molar-refractivity contribution in [1.29, 1.82) is 0 Å². The number of fused-ring (bicyclic) bond motifs is 1. The average Bonchev–Trinajstić information content (AvgIpc) is 3.99. The van der Waals surface area contributed by atoms with Crippen LogP contribution in [0.2, 0.25) is 0 Å². The first kappa shape index (κ1) is 45.7. The predicted octanol–water partition coefficient (Wildman–Crippen LogP) is 3.94. The van der Waals surface area contributed by atoms with E-state index in [1.807, 2.05) is 12.1 Å². The molecule has 1 aromatic rings. The summed E-state index contributed by atoms with van der Waals surface area (Å²) in [5, 5.41) is 49.4. The van der Waals surface area contributed by atoms with Gasteiger partial charge in [-0.2, -0.15) is 0 Å². The molecule has 2 amide bonds. The van der Waals surface area contributed by atoms with Gasteiger partial charge < -0.3 is 41.1 Å². The van der Waals surface area contributed by atoms with Gasteiger partial charge in [0.2, 0.25) is 18.0 Å². The number of hydrogen-bond acceptors (Lipinski definition) is 12. The number of aliphatic hydroxyl groups is 2. The molecule has 8 N–H and O–H groups in total. The second-order valence-electron chi connectivity index (χ2n) is 17.5. The Labute approximate surface area is 356 Å². The number of carbonyl (C=O) groups is 5. The summed E-state index contributed by atoms with van der Waals surface area (Å²) in [6.07, 6.45) is 15.8. The van der Waals surface area contributed by atoms with Crippen LogP contribution in [-0.2, 0) is 35.1 Å². The quantitative estimate of drug-likeness (QED) is 0.0560. The number of carboxylic acids is 2. The Bertz CT molecular complexity index is 1780. The van der Waals surface area contributed by atoms with Crippen LogP contribution in [0.1, 0.15) is 115 Å². The van der Waals surface area contributed by atoms with Crippen LogP contribution in [0, 0.1) is 22.7 Å². The number of esters is 1. The van der Waals surface area contributed by atoms with Gasteiger partial charge in [0.25, 0.3) is 0 Å². The van der Waals surface area contributed by atoms with Crippen LogP contribution >= 0.6 is 11.8 Å². The van der Waals surface area contributed by atoms with E-state index in [0.717, 1.165) is 100 Å². The number of nitrogens with one attached hydrogen (secondary N) is 4. The van der Waals surface area contributed by atoms with E-state index in [1.54, 1.807) is 19.4 Å². The molecule has 330 valence electrons. The smallest absolute Gasteiger partial charge is 0.353 e. The first-order valence-electron chi connectivity index (χ1n) is 21.8. The third kappa shape index (κ3) is 10.4. The Morgan fingerprint density at radius 3 is 2.13 bits per heavy atom. The third-order valence-electron chi connectivity index (χ3n) is 13.9. The molecule has 0 saturated heterocycles. The molecule has 5 aliphatic rings. The van der Waals surface area contributed by atoms with Crippen molar-refractivity contribution in [2.45, 2.75) is 139 Å². The zero-order valence-electron chi connectivity index (χ0n) is 34.7. The molecule has 0 aromatic carbocycles. The molecular formula is C44H63N5O10S. The van der Waals surface area contributed by atoms with Gasteiger partial charge in [-0.15, -0.1) is 11.8 Å². The molecule has 2 fully saturated rings. The number of pyridine rings is 1. The third-order valence-corrected chi connectivity index (χ3v) is 15.4. The van der Waals surface area contributed by atoms with E-state index in [4.69, 9.17) is 4.74 Å². The normalized spacial score (nSPS) is 24.8. The van der Waals surface area contributed by atoms with Crippen molar-refractivity contribution in [3.63, 3.8) is 0 Å². The lowest BCUT2D eigenvalue weighted by atomic mass is 9.58. The summed E-state index contributed by atoms with van der Waals surface area (Å²) in [6, 6.07) is 1.70. The van der Waals surface area contributed by atoms with E-state index in [0.29, 0.717) is 25.0 Å². The summed E-state index contributed by atoms with van der Waals surface area (Å²) >= 11 is 1.44. The zero-order valence-corrected chi connectivity index (χ0v) is 35.5. The van der Waals surface area contributed by atoms with Gasteiger partial charge in [0.15, 0.2) is 0 Å². The molecular weight excluding hydrogens is 791 g/mol. The van der Waals surface area contributed by atoms with Crippen molar-refractivity contribution in [2.75, 3.05) is 26.1 Å². The summed E-state index contributed by atoms with van der Waals surface area (Å²) in [6.45, 7) is 0.191. The van der Waals surface area contributed by atoms with Crippen LogP contribution in [0.3, 0.4) is 0 Å². The van der Waals surface area contributed by atoms with Crippen molar-refractivity contribution in [1.82, 2.24) is 26.3 Å². The van der Waals surface area contributed by atoms with Crippen molar-refractivity contribution >= 4 is 41.5 Å². The molecule has 1 aromatic heterocycles. The first-order chi connectivity index (χ1) is 28.9. The highest BCUT2D eigenvalue weighted by Crippen LogP contribution is 2.63. The highest BCUT2D eigenvalue weighted by atomic mass is 32.2. The fourth-order valence-electron chi connectivity index (χ4n) is 11.0. The molecule has 2 saturated carbocycles. The van der Waals surface area contributed by atoms with Crippen LogP contribution in [0.4, 0.5) is 0 Å². The molecule has 2 heterocycles. The largest absolute Gasteiger partial charge is 0.480 e. The molecule has 0 radical (unpaired) electrons. The lowest BCUT2D eigenvalue weighted by Crippen LogP contribution is -2.53. The maximum Gasteiger partial charge on any atom is 0.353 e. The lowest BCUT2D eigenvalue weighted by molar-refractivity contribution is -0.151. The van der Waals surface area contributed by atoms with Crippen molar-refractivity contribution in [2.24, 2.45) is 22.7 Å². The summed E-state index contributed by atoms with van der Waals surface area (Å²) < 4.78 is 6.65. The van der Waals surface area contributed by atoms with Crippen LogP contribution < -0.4 is 21.3 Å². The summed E-state index contributed by atoms with van der Waals surface area (Å²) in [5.74, 6) is -4.47. The highest BCUT2D eigenvalue weighted by Gasteiger charge is 2.57. The first-order valence-corrected chi connectivity index (χ1v) is 22.9. The van der Waals surface area contributed by atoms with E-state index >= 15 is 0 Å². The number of aromatic nitrogens is 1. The minimum absolute atomic E-state index is 0.00651. The van der Waals surface area contributed by atoms with E-state index < -0.39 is 48.0 Å². The Balaban J connectivity index is 1.40. The lowest BCUT2D eigenvalue weighted by Gasteiger charge is -2.46. The fourth-order valence-corrected chi connectivity index (χ4v) is 12.6. The Morgan fingerprint density at radius 2 is 1.55 bits per heavy atom. The average molecular weight is 854 g/mol. The summed E-state index contributed by atoms with van der Waals surface area (Å²) in [4.78, 5) is 69.5. The SMILES string of the molecule is CNCNC(CCC(=O)NC(CSC1C2=C3C(C(=O)O2)C(CCCO)=C(Cc2ccncc2)CC3C2(CCCC2)CCCCC12CCCC2)C(=O)NC(O)C(=O)O)C(=O)O. The molecule has 60 heavy (non-hydrogen) atoms. The molecule has 4 aliphatic carbocycles. The van der Waals surface area contributed by atoms with Gasteiger partial charge in [0.1, 0.15) is 23.8 Å². The van der Waals surface area contributed by atoms with Gasteiger partial charge in [-0.25, -0.2) is 4.79 Å². The number of aliphatic carboxylic acids is 2. The van der Waals surface area contributed by atoms with Crippen LogP contribution in [0.5, 0.6) is 0 Å². The predicted molar refractivity (Wildman–Crippen MR) is 224 cm³/mol. The van der Waals surface area contributed by atoms with Crippen molar-refractivity contribution < 1.29 is 49.1 Å². The van der Waals surface area contributed by atoms with Crippen molar-refractivity contribution in [3.05, 3.63) is 52.6 Å². The summed E-state index contributed by atoms with van der Waals surface area (Å²) in [7, 11) is 1.65. The minimum Gasteiger partial charge on any atom is -0.480 e. The number of aliphatic hydroxyl groups excluding tert-OH is 2. The van der Waals surface area contributed by atoms with Crippen LogP contribution in [0.25, 0.3) is 0 Å². The second kappa shape index (κ2) is 20.8. The van der Waals surface area contributed by atoms with Gasteiger partial charge in [-0.1, -0.05) is 49.7 Å². The van der Waals surface area contributed by atoms with E-state index in [9.17, 15) is 44.4 Å². The van der Waals surface area contributed by atoms with Crippen LogP contribution in [-0.4, -0.2) is 105 Å². The molecule has 15 nitrogen and oxygen atoms in total. The molecule has 16 heteroatoms. The standard InChI is InChI=1S/C44H63N5O10S/c1-45-26-47-31(40(54)55)10-11-33(51)48-32(38(52)49-39(53)41(56)57)25-60-37-36-35-30(43(14-2-3-15-43)16-4-5-17-44(37)18-6-7-19-44)24-28(23-27-12-20-46-21-13-27)29(9-8-22-50)34(35)42(58)59-36/h12-13,20-21,30-32,34,37,39,45,47,50,53H,2-11,14-19,22-26H2,1H3,(H,48,51)(H,49,52)(H,54,55)(H,56,57). The molecule has 6 unspecified atom stereocenters. The molecule has 6 atom stereocenters. The van der Waals surface area contributed by atoms with E-state index in [1.165, 1.54) is 17.3 Å². The highest BCUT2D eigenvalue weighted by molar-refractivity contribution is 8.00. The minimum atomic E-state index is -2.21. The topological polar surface area (TPSA) is 237 Å². The number of carbonyl (C=O) groups excluding carboxylic acids is 3. The van der Waals surface area contributed by atoms with E-state index in [2.05, 4.69) is 26.3 Å². The Hall–Kier alpha value is -3.83. The number of carboxylic acid groups (broad SMARTS) is 2. The van der Waals surface area contributed by atoms with Crippen molar-refractivity contribution in [3.8, 4) is 0 Å². The number of thioether (sulfide) groups is 1. The van der Waals surface area contributed by atoms with Gasteiger partial charge in [0, 0.05) is 37.8 Å². The second-order valence-corrected chi connectivity index (χ2v) is 18.6. The van der Waals surface area contributed by atoms with Gasteiger partial charge in [-0.3, -0.25) is 29.5 Å². The van der Waals surface area contributed by atoms with Crippen LogP contribution in [0.15, 0.2) is 47.0 Å². The Morgan fingerprint density at radius 1 is 0.917 bits per heavy atom. The number of allylic oxidation sites excluding steroid dienone is 1.